The standard InChI is InChI=1S/C24H26N4O2/c1-15-11-16(2)26-24(25-15)28-19-9-10-20(28)14-27(13-19)23(29)21-12-17(3)30-22(21)18-7-5-4-6-8-18/h4-8,11-12,19-20H,9-10,13-14H2,1-3H3. The van der Waals surface area contributed by atoms with Gasteiger partial charge in [0.25, 0.3) is 5.91 Å². The first kappa shape index (κ1) is 18.9. The first-order chi connectivity index (χ1) is 14.5. The Morgan fingerprint density at radius 2 is 1.60 bits per heavy atom. The summed E-state index contributed by atoms with van der Waals surface area (Å²) >= 11 is 0. The van der Waals surface area contributed by atoms with Gasteiger partial charge in [-0.2, -0.15) is 0 Å². The van der Waals surface area contributed by atoms with Crippen molar-refractivity contribution >= 4 is 11.9 Å². The number of anilines is 1. The molecule has 0 radical (unpaired) electrons. The summed E-state index contributed by atoms with van der Waals surface area (Å²) < 4.78 is 5.92. The number of nitrogens with zero attached hydrogens (tertiary/aromatic N) is 4. The van der Waals surface area contributed by atoms with Crippen LogP contribution < -0.4 is 4.90 Å². The highest BCUT2D eigenvalue weighted by molar-refractivity contribution is 6.00. The number of carbonyl (C=O) groups excluding carboxylic acids is 1. The van der Waals surface area contributed by atoms with Crippen LogP contribution in [0.2, 0.25) is 0 Å². The number of likely N-dealkylation sites (tertiary alicyclic amines) is 1. The molecule has 5 rings (SSSR count). The second kappa shape index (κ2) is 7.27. The molecule has 2 unspecified atom stereocenters. The lowest BCUT2D eigenvalue weighted by Gasteiger charge is -2.41. The minimum Gasteiger partial charge on any atom is -0.461 e. The molecule has 0 saturated carbocycles. The molecule has 6 nitrogen and oxygen atoms in total. The van der Waals surface area contributed by atoms with Gasteiger partial charge in [-0.15, -0.1) is 0 Å². The molecular weight excluding hydrogens is 376 g/mol. The van der Waals surface area contributed by atoms with Crippen LogP contribution in [0.3, 0.4) is 0 Å². The maximum absolute atomic E-state index is 13.5. The zero-order valence-electron chi connectivity index (χ0n) is 17.6. The number of hydrogen-bond donors (Lipinski definition) is 0. The third-order valence-corrected chi connectivity index (χ3v) is 6.09. The SMILES string of the molecule is Cc1cc(C)nc(N2C3CCC2CN(C(=O)c2cc(C)oc2-c2ccccc2)C3)n1. The molecule has 2 fully saturated rings. The van der Waals surface area contributed by atoms with Crippen molar-refractivity contribution in [3.8, 4) is 11.3 Å². The van der Waals surface area contributed by atoms with Crippen LogP contribution in [-0.2, 0) is 0 Å². The van der Waals surface area contributed by atoms with Gasteiger partial charge in [0.2, 0.25) is 5.95 Å². The first-order valence-electron chi connectivity index (χ1n) is 10.6. The molecule has 4 heterocycles. The summed E-state index contributed by atoms with van der Waals surface area (Å²) in [5.41, 5.74) is 3.54. The number of fused-ring (bicyclic) bond motifs is 2. The summed E-state index contributed by atoms with van der Waals surface area (Å²) in [5.74, 6) is 2.26. The van der Waals surface area contributed by atoms with Crippen LogP contribution >= 0.6 is 0 Å². The zero-order chi connectivity index (χ0) is 20.8. The van der Waals surface area contributed by atoms with Gasteiger partial charge in [-0.25, -0.2) is 9.97 Å². The van der Waals surface area contributed by atoms with Crippen LogP contribution in [0.4, 0.5) is 5.95 Å². The fourth-order valence-electron chi connectivity index (χ4n) is 4.87. The van der Waals surface area contributed by atoms with E-state index in [4.69, 9.17) is 4.42 Å². The van der Waals surface area contributed by atoms with Crippen molar-refractivity contribution < 1.29 is 9.21 Å². The van der Waals surface area contributed by atoms with Gasteiger partial charge in [0.05, 0.1) is 5.56 Å². The minimum absolute atomic E-state index is 0.0450. The van der Waals surface area contributed by atoms with E-state index in [1.165, 1.54) is 0 Å². The molecule has 30 heavy (non-hydrogen) atoms. The van der Waals surface area contributed by atoms with Gasteiger partial charge in [0, 0.05) is 42.1 Å². The summed E-state index contributed by atoms with van der Waals surface area (Å²) in [4.78, 5) is 27.2. The van der Waals surface area contributed by atoms with E-state index < -0.39 is 0 Å². The Labute approximate surface area is 176 Å². The number of aryl methyl sites for hydroxylation is 3. The van der Waals surface area contributed by atoms with E-state index >= 15 is 0 Å². The number of carbonyl (C=O) groups is 1. The molecule has 0 spiro atoms. The average molecular weight is 402 g/mol. The first-order valence-corrected chi connectivity index (χ1v) is 10.6. The summed E-state index contributed by atoms with van der Waals surface area (Å²) in [6, 6.07) is 14.2. The molecule has 1 amide bonds. The normalized spacial score (nSPS) is 20.6. The summed E-state index contributed by atoms with van der Waals surface area (Å²) in [6.07, 6.45) is 2.11. The smallest absolute Gasteiger partial charge is 0.257 e. The molecule has 3 aromatic rings. The van der Waals surface area contributed by atoms with Crippen molar-refractivity contribution in [1.29, 1.82) is 0 Å². The van der Waals surface area contributed by atoms with Crippen LogP contribution in [0.25, 0.3) is 11.3 Å². The Balaban J connectivity index is 1.41. The molecule has 2 aliphatic heterocycles. The van der Waals surface area contributed by atoms with Crippen molar-refractivity contribution in [3.63, 3.8) is 0 Å². The van der Waals surface area contributed by atoms with Gasteiger partial charge in [-0.1, -0.05) is 30.3 Å². The van der Waals surface area contributed by atoms with Crippen molar-refractivity contribution in [2.45, 2.75) is 45.7 Å². The number of piperazine rings is 1. The van der Waals surface area contributed by atoms with Crippen molar-refractivity contribution in [3.05, 3.63) is 65.2 Å². The number of hydrogen-bond acceptors (Lipinski definition) is 5. The topological polar surface area (TPSA) is 62.5 Å². The highest BCUT2D eigenvalue weighted by atomic mass is 16.3. The van der Waals surface area contributed by atoms with Crippen molar-refractivity contribution in [2.24, 2.45) is 0 Å². The maximum Gasteiger partial charge on any atom is 0.257 e. The molecule has 1 aromatic carbocycles. The molecule has 154 valence electrons. The lowest BCUT2D eigenvalue weighted by molar-refractivity contribution is 0.0717. The maximum atomic E-state index is 13.5. The predicted octanol–water partition coefficient (Wildman–Crippen LogP) is 4.16. The molecule has 2 atom stereocenters. The monoisotopic (exact) mass is 402 g/mol. The molecule has 6 heteroatoms. The van der Waals surface area contributed by atoms with Gasteiger partial charge < -0.3 is 14.2 Å². The van der Waals surface area contributed by atoms with E-state index in [-0.39, 0.29) is 18.0 Å². The van der Waals surface area contributed by atoms with Crippen LogP contribution in [0.15, 0.2) is 46.9 Å². The fraction of sp³-hybridized carbons (Fsp3) is 0.375. The molecule has 2 aliphatic rings. The van der Waals surface area contributed by atoms with Gasteiger partial charge >= 0.3 is 0 Å². The minimum atomic E-state index is 0.0450. The Morgan fingerprint density at radius 1 is 0.967 bits per heavy atom. The Morgan fingerprint density at radius 3 is 2.23 bits per heavy atom. The third-order valence-electron chi connectivity index (χ3n) is 6.09. The van der Waals surface area contributed by atoms with E-state index in [9.17, 15) is 4.79 Å². The van der Waals surface area contributed by atoms with E-state index in [1.54, 1.807) is 0 Å². The molecule has 2 saturated heterocycles. The molecule has 0 N–H and O–H groups in total. The van der Waals surface area contributed by atoms with Crippen LogP contribution in [0.5, 0.6) is 0 Å². The Kier molecular flexibility index (Phi) is 4.57. The number of rotatable bonds is 3. The fourth-order valence-corrected chi connectivity index (χ4v) is 4.87. The Hall–Kier alpha value is -3.15. The van der Waals surface area contributed by atoms with Crippen LogP contribution in [-0.4, -0.2) is 45.9 Å². The van der Waals surface area contributed by atoms with E-state index in [2.05, 4.69) is 14.9 Å². The average Bonchev–Trinajstić information content (AvgIpc) is 3.24. The van der Waals surface area contributed by atoms with Gasteiger partial charge in [-0.3, -0.25) is 4.79 Å². The highest BCUT2D eigenvalue weighted by Gasteiger charge is 2.43. The lowest BCUT2D eigenvalue weighted by atomic mass is 10.1. The highest BCUT2D eigenvalue weighted by Crippen LogP contribution is 2.35. The Bertz CT molecular complexity index is 1060. The van der Waals surface area contributed by atoms with Gasteiger partial charge in [0.1, 0.15) is 11.5 Å². The predicted molar refractivity (Wildman–Crippen MR) is 116 cm³/mol. The molecule has 2 aromatic heterocycles. The van der Waals surface area contributed by atoms with Crippen molar-refractivity contribution in [1.82, 2.24) is 14.9 Å². The van der Waals surface area contributed by atoms with Gasteiger partial charge in [0.15, 0.2) is 0 Å². The number of aromatic nitrogens is 2. The quantitative estimate of drug-likeness (QED) is 0.658. The second-order valence-corrected chi connectivity index (χ2v) is 8.42. The summed E-state index contributed by atoms with van der Waals surface area (Å²) in [5, 5.41) is 0. The summed E-state index contributed by atoms with van der Waals surface area (Å²) in [6.45, 7) is 7.27. The van der Waals surface area contributed by atoms with Crippen molar-refractivity contribution in [2.75, 3.05) is 18.0 Å². The largest absolute Gasteiger partial charge is 0.461 e. The van der Waals surface area contributed by atoms with Crippen LogP contribution in [0.1, 0.15) is 40.3 Å². The van der Waals surface area contributed by atoms with Crippen LogP contribution in [0, 0.1) is 20.8 Å². The number of furan rings is 1. The molecule has 0 aliphatic carbocycles. The molecular formula is C24H26N4O2. The third kappa shape index (κ3) is 3.26. The van der Waals surface area contributed by atoms with Gasteiger partial charge in [-0.05, 0) is 45.7 Å². The zero-order valence-corrected chi connectivity index (χ0v) is 17.6. The number of benzene rings is 1. The summed E-state index contributed by atoms with van der Waals surface area (Å²) in [7, 11) is 0. The van der Waals surface area contributed by atoms with E-state index in [0.717, 1.165) is 41.5 Å². The van der Waals surface area contributed by atoms with E-state index in [0.29, 0.717) is 24.4 Å². The lowest BCUT2D eigenvalue weighted by Crippen LogP contribution is -2.56. The van der Waals surface area contributed by atoms with E-state index in [1.807, 2.05) is 68.1 Å². The molecule has 2 bridgehead atoms. The number of amides is 1. The second-order valence-electron chi connectivity index (χ2n) is 8.42.